The van der Waals surface area contributed by atoms with Crippen LogP contribution in [0.4, 0.5) is 5.69 Å². The zero-order valence-electron chi connectivity index (χ0n) is 15.4. The molecule has 0 saturated heterocycles. The molecule has 0 bridgehead atoms. The van der Waals surface area contributed by atoms with Crippen molar-refractivity contribution >= 4 is 33.2 Å². The number of aromatic amines is 1. The topological polar surface area (TPSA) is 134 Å². The standard InChI is InChI=1S/C18H17ClN4O5S/c1-10(2)23-29(26,27)13-6-7-15(19)14(9-13)17(24)20-12-5-3-4-11(8-12)16-21-18(25)28-22-16/h3-10,23H,1-2H3,(H,20,24)(H,21,22,25). The number of hydrogen-bond acceptors (Lipinski definition) is 6. The predicted molar refractivity (Wildman–Crippen MR) is 107 cm³/mol. The average Bonchev–Trinajstić information content (AvgIpc) is 3.07. The van der Waals surface area contributed by atoms with Crippen molar-refractivity contribution in [1.29, 1.82) is 0 Å². The first kappa shape index (κ1) is 20.8. The molecule has 3 N–H and O–H groups in total. The minimum absolute atomic E-state index is 0.00135. The molecule has 0 spiro atoms. The maximum Gasteiger partial charge on any atom is 0.439 e. The van der Waals surface area contributed by atoms with Gasteiger partial charge in [-0.05, 0) is 44.2 Å². The molecule has 0 aliphatic heterocycles. The molecule has 0 unspecified atom stereocenters. The molecule has 0 saturated carbocycles. The Balaban J connectivity index is 1.88. The second-order valence-corrected chi connectivity index (χ2v) is 8.52. The molecule has 3 aromatic rings. The van der Waals surface area contributed by atoms with Gasteiger partial charge in [-0.15, -0.1) is 0 Å². The number of nitrogens with one attached hydrogen (secondary N) is 3. The molecule has 2 aromatic carbocycles. The number of halogens is 1. The van der Waals surface area contributed by atoms with E-state index in [-0.39, 0.29) is 27.3 Å². The lowest BCUT2D eigenvalue weighted by molar-refractivity contribution is 0.102. The Hall–Kier alpha value is -2.95. The van der Waals surface area contributed by atoms with Crippen LogP contribution in [0.25, 0.3) is 11.4 Å². The van der Waals surface area contributed by atoms with Gasteiger partial charge in [-0.25, -0.2) is 17.9 Å². The Morgan fingerprint density at radius 2 is 1.97 bits per heavy atom. The summed E-state index contributed by atoms with van der Waals surface area (Å²) in [5, 5.41) is 6.34. The first-order chi connectivity index (χ1) is 13.7. The fourth-order valence-electron chi connectivity index (χ4n) is 2.52. The molecular formula is C18H17ClN4O5S. The number of rotatable bonds is 6. The Labute approximate surface area is 171 Å². The van der Waals surface area contributed by atoms with Crippen molar-refractivity contribution < 1.29 is 17.7 Å². The summed E-state index contributed by atoms with van der Waals surface area (Å²) in [7, 11) is -3.79. The van der Waals surface area contributed by atoms with Crippen molar-refractivity contribution in [2.45, 2.75) is 24.8 Å². The molecule has 0 radical (unpaired) electrons. The lowest BCUT2D eigenvalue weighted by Gasteiger charge is -2.12. The third-order valence-electron chi connectivity index (χ3n) is 3.72. The number of benzene rings is 2. The van der Waals surface area contributed by atoms with E-state index in [1.807, 2.05) is 0 Å². The van der Waals surface area contributed by atoms with Crippen molar-refractivity contribution in [2.75, 3.05) is 5.32 Å². The summed E-state index contributed by atoms with van der Waals surface area (Å²) >= 11 is 6.10. The number of carbonyl (C=O) groups excluding carboxylic acids is 1. The van der Waals surface area contributed by atoms with Gasteiger partial charge in [-0.1, -0.05) is 28.9 Å². The molecule has 11 heteroatoms. The van der Waals surface area contributed by atoms with Crippen LogP contribution in [-0.2, 0) is 10.0 Å². The summed E-state index contributed by atoms with van der Waals surface area (Å²) in [5.41, 5.74) is 0.900. The number of sulfonamides is 1. The van der Waals surface area contributed by atoms with E-state index in [2.05, 4.69) is 24.7 Å². The number of H-pyrrole nitrogens is 1. The number of amides is 1. The number of carbonyl (C=O) groups is 1. The van der Waals surface area contributed by atoms with Crippen LogP contribution in [0.15, 0.2) is 56.7 Å². The highest BCUT2D eigenvalue weighted by Gasteiger charge is 2.20. The molecule has 9 nitrogen and oxygen atoms in total. The zero-order valence-corrected chi connectivity index (χ0v) is 17.0. The van der Waals surface area contributed by atoms with E-state index in [4.69, 9.17) is 11.6 Å². The van der Waals surface area contributed by atoms with E-state index >= 15 is 0 Å². The van der Waals surface area contributed by atoms with Crippen LogP contribution in [0.1, 0.15) is 24.2 Å². The second-order valence-electron chi connectivity index (χ2n) is 6.40. The van der Waals surface area contributed by atoms with Crippen LogP contribution in [0.2, 0.25) is 5.02 Å². The average molecular weight is 437 g/mol. The van der Waals surface area contributed by atoms with Crippen LogP contribution < -0.4 is 15.8 Å². The highest BCUT2D eigenvalue weighted by molar-refractivity contribution is 7.89. The Bertz CT molecular complexity index is 1220. The van der Waals surface area contributed by atoms with Crippen LogP contribution in [-0.4, -0.2) is 30.5 Å². The fourth-order valence-corrected chi connectivity index (χ4v) is 4.00. The van der Waals surface area contributed by atoms with Crippen LogP contribution in [0.5, 0.6) is 0 Å². The van der Waals surface area contributed by atoms with E-state index in [0.717, 1.165) is 0 Å². The van der Waals surface area contributed by atoms with Gasteiger partial charge in [-0.3, -0.25) is 14.3 Å². The molecule has 0 fully saturated rings. The van der Waals surface area contributed by atoms with E-state index < -0.39 is 21.7 Å². The third kappa shape index (κ3) is 4.91. The van der Waals surface area contributed by atoms with Gasteiger partial charge in [0.05, 0.1) is 15.5 Å². The fraction of sp³-hybridized carbons (Fsp3) is 0.167. The Kier molecular flexibility index (Phi) is 5.87. The lowest BCUT2D eigenvalue weighted by Crippen LogP contribution is -2.30. The van der Waals surface area contributed by atoms with E-state index in [0.29, 0.717) is 11.3 Å². The highest BCUT2D eigenvalue weighted by atomic mass is 35.5. The minimum atomic E-state index is -3.79. The SMILES string of the molecule is CC(C)NS(=O)(=O)c1ccc(Cl)c(C(=O)Nc2cccc(-c3noc(=O)[nH]3)c2)c1. The maximum atomic E-state index is 12.7. The third-order valence-corrected chi connectivity index (χ3v) is 5.70. The van der Waals surface area contributed by atoms with Crippen LogP contribution in [0, 0.1) is 0 Å². The summed E-state index contributed by atoms with van der Waals surface area (Å²) in [6, 6.07) is 10.1. The van der Waals surface area contributed by atoms with E-state index in [1.165, 1.54) is 18.2 Å². The van der Waals surface area contributed by atoms with Crippen molar-refractivity contribution in [3.05, 3.63) is 63.6 Å². The number of hydrogen-bond donors (Lipinski definition) is 3. The maximum absolute atomic E-state index is 12.7. The van der Waals surface area contributed by atoms with Crippen molar-refractivity contribution in [3.8, 4) is 11.4 Å². The summed E-state index contributed by atoms with van der Waals surface area (Å²) in [6.07, 6.45) is 0. The smallest absolute Gasteiger partial charge is 0.322 e. The number of nitrogens with zero attached hydrogens (tertiary/aromatic N) is 1. The summed E-state index contributed by atoms with van der Waals surface area (Å²) in [6.45, 7) is 3.38. The first-order valence-corrected chi connectivity index (χ1v) is 10.3. The lowest BCUT2D eigenvalue weighted by atomic mass is 10.1. The molecule has 0 atom stereocenters. The van der Waals surface area contributed by atoms with E-state index in [9.17, 15) is 18.0 Å². The monoisotopic (exact) mass is 436 g/mol. The molecule has 29 heavy (non-hydrogen) atoms. The van der Waals surface area contributed by atoms with Crippen molar-refractivity contribution in [1.82, 2.24) is 14.9 Å². The van der Waals surface area contributed by atoms with Gasteiger partial charge in [0, 0.05) is 17.3 Å². The molecule has 1 heterocycles. The van der Waals surface area contributed by atoms with Gasteiger partial charge in [0.1, 0.15) is 0 Å². The van der Waals surface area contributed by atoms with Gasteiger partial charge in [0.25, 0.3) is 5.91 Å². The second kappa shape index (κ2) is 8.19. The molecular weight excluding hydrogens is 420 g/mol. The summed E-state index contributed by atoms with van der Waals surface area (Å²) < 4.78 is 31.6. The number of aromatic nitrogens is 2. The van der Waals surface area contributed by atoms with Gasteiger partial charge >= 0.3 is 5.76 Å². The van der Waals surface area contributed by atoms with Crippen LogP contribution in [0.3, 0.4) is 0 Å². The van der Waals surface area contributed by atoms with Crippen LogP contribution >= 0.6 is 11.6 Å². The quantitative estimate of drug-likeness (QED) is 0.543. The zero-order chi connectivity index (χ0) is 21.2. The molecule has 1 aromatic heterocycles. The van der Waals surface area contributed by atoms with Gasteiger partial charge in [0.15, 0.2) is 5.82 Å². The van der Waals surface area contributed by atoms with E-state index in [1.54, 1.807) is 38.1 Å². The van der Waals surface area contributed by atoms with Crippen molar-refractivity contribution in [2.24, 2.45) is 0 Å². The molecule has 3 rings (SSSR count). The Morgan fingerprint density at radius 1 is 1.21 bits per heavy atom. The van der Waals surface area contributed by atoms with Gasteiger partial charge < -0.3 is 5.32 Å². The normalized spacial score (nSPS) is 11.6. The molecule has 0 aliphatic rings. The van der Waals surface area contributed by atoms with Gasteiger partial charge in [-0.2, -0.15) is 0 Å². The largest absolute Gasteiger partial charge is 0.439 e. The first-order valence-electron chi connectivity index (χ1n) is 8.45. The number of anilines is 1. The summed E-state index contributed by atoms with van der Waals surface area (Å²) in [5.74, 6) is -1.09. The summed E-state index contributed by atoms with van der Waals surface area (Å²) in [4.78, 5) is 26.1. The minimum Gasteiger partial charge on any atom is -0.322 e. The molecule has 0 aliphatic carbocycles. The molecule has 1 amide bonds. The molecule has 152 valence electrons. The highest BCUT2D eigenvalue weighted by Crippen LogP contribution is 2.23. The van der Waals surface area contributed by atoms with Gasteiger partial charge in [0.2, 0.25) is 10.0 Å². The van der Waals surface area contributed by atoms with Crippen molar-refractivity contribution in [3.63, 3.8) is 0 Å². The Morgan fingerprint density at radius 3 is 2.62 bits per heavy atom. The predicted octanol–water partition coefficient (Wildman–Crippen LogP) is 2.62.